The number of carbonyl (C=O) groups is 2. The second-order valence-electron chi connectivity index (χ2n) is 6.46. The molecule has 1 aromatic rings. The van der Waals surface area contributed by atoms with Gasteiger partial charge in [0.2, 0.25) is 0 Å². The summed E-state index contributed by atoms with van der Waals surface area (Å²) in [7, 11) is 0. The monoisotopic (exact) mass is 301 g/mol. The van der Waals surface area contributed by atoms with Gasteiger partial charge in [0.25, 0.3) is 0 Å². The number of fused-ring (bicyclic) bond motifs is 1. The van der Waals surface area contributed by atoms with E-state index in [0.29, 0.717) is 13.1 Å². The van der Waals surface area contributed by atoms with Gasteiger partial charge in [-0.3, -0.25) is 14.5 Å². The van der Waals surface area contributed by atoms with Gasteiger partial charge in [0.1, 0.15) is 0 Å². The van der Waals surface area contributed by atoms with E-state index < -0.39 is 5.91 Å². The number of carbonyl (C=O) groups excluding carboxylic acids is 2. The first-order chi connectivity index (χ1) is 10.5. The van der Waals surface area contributed by atoms with E-state index in [-0.39, 0.29) is 11.9 Å². The van der Waals surface area contributed by atoms with Gasteiger partial charge >= 0.3 is 11.8 Å². The van der Waals surface area contributed by atoms with Crippen LogP contribution in [0, 0.1) is 20.8 Å². The highest BCUT2D eigenvalue weighted by atomic mass is 16.2. The predicted octanol–water partition coefficient (Wildman–Crippen LogP) is 0.754. The van der Waals surface area contributed by atoms with Crippen LogP contribution in [0.1, 0.15) is 22.3 Å². The maximum absolute atomic E-state index is 11.9. The third-order valence-electron chi connectivity index (χ3n) is 4.87. The Balaban J connectivity index is 1.70. The SMILES string of the molecule is Cc1cc(C)c(CN2CCN3C(=O)C(=O)NCC3C2)cc1C. The number of nitrogens with one attached hydrogen (secondary N) is 1. The molecule has 0 bridgehead atoms. The van der Waals surface area contributed by atoms with E-state index in [9.17, 15) is 9.59 Å². The van der Waals surface area contributed by atoms with Gasteiger partial charge in [0.15, 0.2) is 0 Å². The number of nitrogens with zero attached hydrogens (tertiary/aromatic N) is 2. The van der Waals surface area contributed by atoms with Crippen molar-refractivity contribution in [2.24, 2.45) is 0 Å². The first-order valence-electron chi connectivity index (χ1n) is 7.83. The van der Waals surface area contributed by atoms with E-state index in [0.717, 1.165) is 19.6 Å². The molecular weight excluding hydrogens is 278 g/mol. The molecule has 0 aromatic heterocycles. The Bertz CT molecular complexity index is 627. The van der Waals surface area contributed by atoms with Gasteiger partial charge in [-0.25, -0.2) is 0 Å². The van der Waals surface area contributed by atoms with Crippen molar-refractivity contribution in [3.05, 3.63) is 34.4 Å². The van der Waals surface area contributed by atoms with Crippen LogP contribution in [-0.4, -0.2) is 53.8 Å². The van der Waals surface area contributed by atoms with Crippen molar-refractivity contribution < 1.29 is 9.59 Å². The lowest BCUT2D eigenvalue weighted by molar-refractivity contribution is -0.152. The number of aryl methyl sites for hydroxylation is 3. The van der Waals surface area contributed by atoms with Gasteiger partial charge in [0.05, 0.1) is 6.04 Å². The van der Waals surface area contributed by atoms with Crippen LogP contribution in [0.5, 0.6) is 0 Å². The number of hydrogen-bond donors (Lipinski definition) is 1. The minimum absolute atomic E-state index is 0.103. The van der Waals surface area contributed by atoms with Crippen molar-refractivity contribution in [1.82, 2.24) is 15.1 Å². The number of benzene rings is 1. The highest BCUT2D eigenvalue weighted by Crippen LogP contribution is 2.20. The molecule has 2 heterocycles. The molecule has 5 nitrogen and oxygen atoms in total. The zero-order valence-electron chi connectivity index (χ0n) is 13.5. The summed E-state index contributed by atoms with van der Waals surface area (Å²) in [6.07, 6.45) is 0. The molecule has 1 N–H and O–H groups in total. The van der Waals surface area contributed by atoms with Crippen LogP contribution in [0.2, 0.25) is 0 Å². The molecule has 3 rings (SSSR count). The third kappa shape index (κ3) is 2.73. The summed E-state index contributed by atoms with van der Waals surface area (Å²) >= 11 is 0. The van der Waals surface area contributed by atoms with Crippen molar-refractivity contribution in [3.8, 4) is 0 Å². The van der Waals surface area contributed by atoms with E-state index in [1.165, 1.54) is 22.3 Å². The number of rotatable bonds is 2. The third-order valence-corrected chi connectivity index (χ3v) is 4.87. The minimum atomic E-state index is -0.463. The summed E-state index contributed by atoms with van der Waals surface area (Å²) < 4.78 is 0. The Labute approximate surface area is 131 Å². The Kier molecular flexibility index (Phi) is 3.91. The summed E-state index contributed by atoms with van der Waals surface area (Å²) in [6.45, 7) is 10.2. The Morgan fingerprint density at radius 3 is 2.59 bits per heavy atom. The molecule has 1 atom stereocenters. The second kappa shape index (κ2) is 5.72. The molecule has 2 saturated heterocycles. The van der Waals surface area contributed by atoms with Crippen LogP contribution in [0.25, 0.3) is 0 Å². The van der Waals surface area contributed by atoms with Gasteiger partial charge in [-0.1, -0.05) is 12.1 Å². The molecule has 0 aliphatic carbocycles. The van der Waals surface area contributed by atoms with Crippen molar-refractivity contribution in [1.29, 1.82) is 0 Å². The lowest BCUT2D eigenvalue weighted by Crippen LogP contribution is -2.65. The fourth-order valence-electron chi connectivity index (χ4n) is 3.35. The molecule has 2 aliphatic heterocycles. The van der Waals surface area contributed by atoms with E-state index in [2.05, 4.69) is 43.1 Å². The van der Waals surface area contributed by atoms with Crippen molar-refractivity contribution >= 4 is 11.8 Å². The van der Waals surface area contributed by atoms with Crippen molar-refractivity contribution in [2.45, 2.75) is 33.4 Å². The molecule has 118 valence electrons. The van der Waals surface area contributed by atoms with Crippen LogP contribution in [0.4, 0.5) is 0 Å². The molecule has 0 radical (unpaired) electrons. The van der Waals surface area contributed by atoms with Crippen molar-refractivity contribution in [3.63, 3.8) is 0 Å². The summed E-state index contributed by atoms with van der Waals surface area (Å²) in [5, 5.41) is 2.69. The standard InChI is InChI=1S/C17H23N3O2/c1-11-6-13(3)14(7-12(11)2)9-19-4-5-20-15(10-19)8-18-16(21)17(20)22/h6-7,15H,4-5,8-10H2,1-3H3,(H,18,21). The minimum Gasteiger partial charge on any atom is -0.346 e. The van der Waals surface area contributed by atoms with E-state index in [4.69, 9.17) is 0 Å². The second-order valence-corrected chi connectivity index (χ2v) is 6.46. The van der Waals surface area contributed by atoms with Crippen molar-refractivity contribution in [2.75, 3.05) is 26.2 Å². The molecule has 1 aromatic carbocycles. The van der Waals surface area contributed by atoms with Gasteiger partial charge in [-0.15, -0.1) is 0 Å². The molecule has 2 aliphatic rings. The lowest BCUT2D eigenvalue weighted by atomic mass is 9.99. The van der Waals surface area contributed by atoms with Gasteiger partial charge in [-0.05, 0) is 43.0 Å². The fourth-order valence-corrected chi connectivity index (χ4v) is 3.35. The highest BCUT2D eigenvalue weighted by molar-refractivity contribution is 6.35. The quantitative estimate of drug-likeness (QED) is 0.820. The molecule has 2 fully saturated rings. The molecule has 0 saturated carbocycles. The molecule has 1 unspecified atom stereocenters. The Hall–Kier alpha value is -1.88. The number of hydrogen-bond acceptors (Lipinski definition) is 3. The lowest BCUT2D eigenvalue weighted by Gasteiger charge is -2.43. The summed E-state index contributed by atoms with van der Waals surface area (Å²) in [5.41, 5.74) is 5.31. The molecule has 2 amide bonds. The molecule has 22 heavy (non-hydrogen) atoms. The summed E-state index contributed by atoms with van der Waals surface area (Å²) in [5.74, 6) is -0.840. The van der Waals surface area contributed by atoms with E-state index >= 15 is 0 Å². The molecule has 0 spiro atoms. The van der Waals surface area contributed by atoms with E-state index in [1.54, 1.807) is 4.90 Å². The number of piperazine rings is 2. The maximum Gasteiger partial charge on any atom is 0.312 e. The van der Waals surface area contributed by atoms with Crippen LogP contribution in [-0.2, 0) is 16.1 Å². The zero-order valence-corrected chi connectivity index (χ0v) is 13.5. The molecule has 5 heteroatoms. The van der Waals surface area contributed by atoms with E-state index in [1.807, 2.05) is 0 Å². The van der Waals surface area contributed by atoms with Crippen LogP contribution >= 0.6 is 0 Å². The Morgan fingerprint density at radius 2 is 1.82 bits per heavy atom. The first-order valence-corrected chi connectivity index (χ1v) is 7.83. The average molecular weight is 301 g/mol. The Morgan fingerprint density at radius 1 is 1.09 bits per heavy atom. The maximum atomic E-state index is 11.9. The largest absolute Gasteiger partial charge is 0.346 e. The summed E-state index contributed by atoms with van der Waals surface area (Å²) in [6, 6.07) is 4.61. The average Bonchev–Trinajstić information content (AvgIpc) is 2.49. The van der Waals surface area contributed by atoms with Gasteiger partial charge in [0, 0.05) is 32.7 Å². The highest BCUT2D eigenvalue weighted by Gasteiger charge is 2.37. The first kappa shape index (κ1) is 15.0. The fraction of sp³-hybridized carbons (Fsp3) is 0.529. The van der Waals surface area contributed by atoms with Gasteiger partial charge in [-0.2, -0.15) is 0 Å². The topological polar surface area (TPSA) is 52.7 Å². The van der Waals surface area contributed by atoms with Crippen LogP contribution in [0.15, 0.2) is 12.1 Å². The summed E-state index contributed by atoms with van der Waals surface area (Å²) in [4.78, 5) is 27.4. The van der Waals surface area contributed by atoms with Crippen LogP contribution < -0.4 is 5.32 Å². The predicted molar refractivity (Wildman–Crippen MR) is 84.4 cm³/mol. The number of amides is 2. The molecular formula is C17H23N3O2. The smallest absolute Gasteiger partial charge is 0.312 e. The van der Waals surface area contributed by atoms with Gasteiger partial charge < -0.3 is 10.2 Å². The normalized spacial score (nSPS) is 22.5. The zero-order chi connectivity index (χ0) is 15.9. The van der Waals surface area contributed by atoms with Crippen LogP contribution in [0.3, 0.4) is 0 Å².